The molecule has 0 aliphatic heterocycles. The largest absolute Gasteiger partial charge is 0.321 e. The molecule has 0 radical (unpaired) electrons. The van der Waals surface area contributed by atoms with Gasteiger partial charge in [0.1, 0.15) is 6.04 Å². The Morgan fingerprint density at radius 1 is 0.957 bits per heavy atom. The average Bonchev–Trinajstić information content (AvgIpc) is 3.32. The molecule has 0 aromatic heterocycles. The Kier molecular flexibility index (Phi) is 9.52. The summed E-state index contributed by atoms with van der Waals surface area (Å²) in [5.74, 6) is 1.29. The fourth-order valence-electron chi connectivity index (χ4n) is 2.18. The fourth-order valence-corrected chi connectivity index (χ4v) is 2.18. The second-order valence-corrected chi connectivity index (χ2v) is 7.03. The number of rotatable bonds is 7. The van der Waals surface area contributed by atoms with E-state index in [9.17, 15) is 14.4 Å². The summed E-state index contributed by atoms with van der Waals surface area (Å²) in [5.41, 5.74) is 5.65. The fraction of sp³-hybridized carbons (Fsp3) is 0.824. The van der Waals surface area contributed by atoms with E-state index in [1.165, 1.54) is 6.08 Å². The molecular weight excluding hydrogens is 316 g/mol. The van der Waals surface area contributed by atoms with Crippen LogP contribution in [0.1, 0.15) is 53.4 Å². The third-order valence-electron chi connectivity index (χ3n) is 4.12. The number of nitrogens with two attached hydrogens (primary N) is 1. The monoisotopic (exact) mass is 344 g/mol. The van der Waals surface area contributed by atoms with Gasteiger partial charge in [-0.1, -0.05) is 27.7 Å². The lowest BCUT2D eigenvalue weighted by Crippen LogP contribution is -2.36. The lowest BCUT2D eigenvalue weighted by Gasteiger charge is -2.12. The minimum Gasteiger partial charge on any atom is -0.321 e. The molecule has 2 atom stereocenters. The Morgan fingerprint density at radius 2 is 1.39 bits per heavy atom. The molecule has 2 rings (SSSR count). The van der Waals surface area contributed by atoms with Crippen molar-refractivity contribution in [1.29, 1.82) is 0 Å². The highest BCUT2D eigenvalue weighted by atomic mass is 35.5. The molecule has 0 heterocycles. The van der Waals surface area contributed by atoms with Crippen molar-refractivity contribution < 1.29 is 14.4 Å². The maximum absolute atomic E-state index is 11.5. The number of carbonyl (C=O) groups is 2. The molecular formula is C17H29ClN2O3. The number of hydrogen-bond acceptors (Lipinski definition) is 5. The van der Waals surface area contributed by atoms with Crippen LogP contribution in [0.4, 0.5) is 0 Å². The van der Waals surface area contributed by atoms with Gasteiger partial charge in [0.05, 0.1) is 6.04 Å². The third-order valence-corrected chi connectivity index (χ3v) is 4.12. The maximum Gasteiger partial charge on any atom is 0.235 e. The van der Waals surface area contributed by atoms with Crippen LogP contribution in [0.5, 0.6) is 0 Å². The Balaban J connectivity index is 0.000000409. The van der Waals surface area contributed by atoms with Gasteiger partial charge in [0.25, 0.3) is 0 Å². The van der Waals surface area contributed by atoms with Crippen molar-refractivity contribution in [3.05, 3.63) is 0 Å². The van der Waals surface area contributed by atoms with Gasteiger partial charge in [-0.05, 0) is 37.5 Å². The number of isocyanates is 1. The quantitative estimate of drug-likeness (QED) is 0.568. The second-order valence-electron chi connectivity index (χ2n) is 7.03. The van der Waals surface area contributed by atoms with Crippen LogP contribution >= 0.6 is 12.4 Å². The summed E-state index contributed by atoms with van der Waals surface area (Å²) in [7, 11) is 0. The molecule has 2 aliphatic carbocycles. The van der Waals surface area contributed by atoms with Crippen molar-refractivity contribution in [2.75, 3.05) is 0 Å². The Labute approximate surface area is 144 Å². The highest BCUT2D eigenvalue weighted by Crippen LogP contribution is 2.33. The van der Waals surface area contributed by atoms with E-state index in [0.717, 1.165) is 25.7 Å². The van der Waals surface area contributed by atoms with Gasteiger partial charge in [0, 0.05) is 11.8 Å². The minimum absolute atomic E-state index is 0. The zero-order valence-corrected chi connectivity index (χ0v) is 15.3. The van der Waals surface area contributed by atoms with Crippen molar-refractivity contribution in [2.45, 2.75) is 65.5 Å². The Bertz CT molecular complexity index is 451. The van der Waals surface area contributed by atoms with E-state index in [1.54, 1.807) is 0 Å². The van der Waals surface area contributed by atoms with Gasteiger partial charge in [-0.15, -0.1) is 12.4 Å². The summed E-state index contributed by atoms with van der Waals surface area (Å²) in [6.45, 7) is 7.77. The number of halogens is 1. The first kappa shape index (κ1) is 22.0. The number of aliphatic imine (C=N–C) groups is 1. The minimum atomic E-state index is -0.449. The molecule has 0 spiro atoms. The lowest BCUT2D eigenvalue weighted by atomic mass is 9.98. The lowest BCUT2D eigenvalue weighted by molar-refractivity contribution is -0.123. The molecule has 0 amide bonds. The molecule has 0 bridgehead atoms. The van der Waals surface area contributed by atoms with Crippen LogP contribution in [0.15, 0.2) is 4.99 Å². The van der Waals surface area contributed by atoms with Crippen molar-refractivity contribution in [2.24, 2.45) is 34.4 Å². The molecule has 0 saturated heterocycles. The van der Waals surface area contributed by atoms with E-state index in [1.807, 2.05) is 27.7 Å². The van der Waals surface area contributed by atoms with Gasteiger partial charge in [-0.25, -0.2) is 4.79 Å². The molecule has 5 nitrogen and oxygen atoms in total. The molecule has 0 aromatic carbocycles. The van der Waals surface area contributed by atoms with Crippen molar-refractivity contribution >= 4 is 30.1 Å². The first-order valence-corrected chi connectivity index (χ1v) is 8.19. The number of Topliss-reactive ketones (excluding diaryl/α,β-unsaturated/α-hetero) is 2. The standard InChI is InChI=1S/C9H13NO2.C8H15NO.ClH/c1-6(2)8(10-5-11)9(12)7-3-4-7;1-5(2)7(9)8(10)6-3-4-6;/h6-8H,3-4H2,1-2H3;5-7H,3-4,9H2,1-2H3;1H/t8-;7-;/m00./s1. The predicted octanol–water partition coefficient (Wildman–Crippen LogP) is 2.70. The van der Waals surface area contributed by atoms with Gasteiger partial charge in [-0.3, -0.25) is 9.59 Å². The summed E-state index contributed by atoms with van der Waals surface area (Å²) >= 11 is 0. The number of nitrogens with zero attached hydrogens (tertiary/aromatic N) is 1. The Hall–Kier alpha value is -1.03. The summed E-state index contributed by atoms with van der Waals surface area (Å²) < 4.78 is 0. The van der Waals surface area contributed by atoms with Crippen molar-refractivity contribution in [1.82, 2.24) is 0 Å². The molecule has 23 heavy (non-hydrogen) atoms. The molecule has 0 unspecified atom stereocenters. The molecule has 0 aromatic rings. The average molecular weight is 345 g/mol. The van der Waals surface area contributed by atoms with Crippen molar-refractivity contribution in [3.8, 4) is 0 Å². The van der Waals surface area contributed by atoms with Crippen LogP contribution in [0, 0.1) is 23.7 Å². The van der Waals surface area contributed by atoms with Gasteiger partial charge in [0.2, 0.25) is 6.08 Å². The summed E-state index contributed by atoms with van der Waals surface area (Å²) in [6.07, 6.45) is 5.54. The summed E-state index contributed by atoms with van der Waals surface area (Å²) in [4.78, 5) is 36.2. The SMILES string of the molecule is CC(C)[C@H](N)C(=O)C1CC1.CC(C)[C@H](N=C=O)C(=O)C1CC1.Cl. The topological polar surface area (TPSA) is 89.6 Å². The zero-order valence-electron chi connectivity index (χ0n) is 14.5. The van der Waals surface area contributed by atoms with Crippen LogP contribution in [0.25, 0.3) is 0 Å². The van der Waals surface area contributed by atoms with E-state index >= 15 is 0 Å². The normalized spacial score (nSPS) is 18.9. The first-order chi connectivity index (χ1) is 10.3. The summed E-state index contributed by atoms with van der Waals surface area (Å²) in [6, 6.07) is -0.664. The first-order valence-electron chi connectivity index (χ1n) is 8.19. The smallest absolute Gasteiger partial charge is 0.235 e. The van der Waals surface area contributed by atoms with Gasteiger partial charge >= 0.3 is 0 Å². The molecule has 6 heteroatoms. The van der Waals surface area contributed by atoms with Crippen LogP contribution < -0.4 is 5.73 Å². The Morgan fingerprint density at radius 3 is 1.70 bits per heavy atom. The van der Waals surface area contributed by atoms with E-state index < -0.39 is 6.04 Å². The predicted molar refractivity (Wildman–Crippen MR) is 92.3 cm³/mol. The number of hydrogen-bond donors (Lipinski definition) is 1. The molecule has 2 saturated carbocycles. The van der Waals surface area contributed by atoms with Gasteiger partial charge < -0.3 is 5.73 Å². The highest BCUT2D eigenvalue weighted by Gasteiger charge is 2.36. The molecule has 2 fully saturated rings. The van der Waals surface area contributed by atoms with Crippen LogP contribution in [-0.2, 0) is 14.4 Å². The number of ketones is 2. The van der Waals surface area contributed by atoms with Crippen LogP contribution in [0.2, 0.25) is 0 Å². The summed E-state index contributed by atoms with van der Waals surface area (Å²) in [5, 5.41) is 0. The maximum atomic E-state index is 11.5. The van der Waals surface area contributed by atoms with E-state index in [2.05, 4.69) is 4.99 Å². The third kappa shape index (κ3) is 7.38. The van der Waals surface area contributed by atoms with Crippen LogP contribution in [-0.4, -0.2) is 29.7 Å². The second kappa shape index (κ2) is 9.96. The van der Waals surface area contributed by atoms with Crippen molar-refractivity contribution in [3.63, 3.8) is 0 Å². The van der Waals surface area contributed by atoms with E-state index in [4.69, 9.17) is 5.73 Å². The van der Waals surface area contributed by atoms with E-state index in [-0.39, 0.29) is 41.9 Å². The highest BCUT2D eigenvalue weighted by molar-refractivity contribution is 5.89. The zero-order chi connectivity index (χ0) is 16.9. The molecule has 132 valence electrons. The van der Waals surface area contributed by atoms with Gasteiger partial charge in [0.15, 0.2) is 11.6 Å². The number of carbonyl (C=O) groups excluding carboxylic acids is 3. The van der Waals surface area contributed by atoms with Gasteiger partial charge in [-0.2, -0.15) is 4.99 Å². The van der Waals surface area contributed by atoms with Crippen LogP contribution in [0.3, 0.4) is 0 Å². The van der Waals surface area contributed by atoms with E-state index in [0.29, 0.717) is 11.8 Å². The molecule has 2 N–H and O–H groups in total. The molecule has 2 aliphatic rings.